The van der Waals surface area contributed by atoms with Crippen molar-refractivity contribution >= 4 is 50.7 Å². The van der Waals surface area contributed by atoms with Crippen LogP contribution in [-0.2, 0) is 0 Å². The Morgan fingerprint density at radius 2 is 1.75 bits per heavy atom. The summed E-state index contributed by atoms with van der Waals surface area (Å²) in [6, 6.07) is 10.7. The molecule has 0 saturated carbocycles. The zero-order valence-electron chi connectivity index (χ0n) is 10.2. The average molecular weight is 396 g/mol. The molecule has 0 aliphatic rings. The Labute approximate surface area is 140 Å². The highest BCUT2D eigenvalue weighted by molar-refractivity contribution is 9.10. The minimum Gasteiger partial charge on any atom is -0.483 e. The van der Waals surface area contributed by atoms with Crippen LogP contribution >= 0.6 is 50.7 Å². The predicted molar refractivity (Wildman–Crippen MR) is 88.0 cm³/mol. The first kappa shape index (κ1) is 15.9. The summed E-state index contributed by atoms with van der Waals surface area (Å²) in [4.78, 5) is 0. The van der Waals surface area contributed by atoms with Crippen LogP contribution in [0.4, 0.5) is 0 Å². The van der Waals surface area contributed by atoms with Gasteiger partial charge in [-0.3, -0.25) is 0 Å². The van der Waals surface area contributed by atoms with Gasteiger partial charge in [-0.25, -0.2) is 0 Å². The molecule has 2 rings (SSSR count). The van der Waals surface area contributed by atoms with Crippen molar-refractivity contribution < 1.29 is 4.74 Å². The topological polar surface area (TPSA) is 35.2 Å². The summed E-state index contributed by atoms with van der Waals surface area (Å²) in [6.45, 7) is 0.272. The molecule has 0 aliphatic carbocycles. The predicted octanol–water partition coefficient (Wildman–Crippen LogP) is 5.49. The summed E-state index contributed by atoms with van der Waals surface area (Å²) in [5, 5.41) is 1.56. The average Bonchev–Trinajstić information content (AvgIpc) is 2.42. The number of ether oxygens (including phenoxy) is 1. The van der Waals surface area contributed by atoms with Crippen molar-refractivity contribution in [1.82, 2.24) is 0 Å². The van der Waals surface area contributed by atoms with Gasteiger partial charge in [0, 0.05) is 27.7 Å². The van der Waals surface area contributed by atoms with Crippen molar-refractivity contribution in [2.75, 3.05) is 6.54 Å². The highest BCUT2D eigenvalue weighted by atomic mass is 79.9. The molecule has 0 aromatic heterocycles. The summed E-state index contributed by atoms with van der Waals surface area (Å²) in [6.07, 6.45) is -0.390. The molecular weight excluding hydrogens is 384 g/mol. The van der Waals surface area contributed by atoms with Crippen molar-refractivity contribution in [3.8, 4) is 5.75 Å². The van der Waals surface area contributed by atoms with Gasteiger partial charge in [0.25, 0.3) is 0 Å². The fraction of sp³-hybridized carbons (Fsp3) is 0.143. The molecule has 1 atom stereocenters. The van der Waals surface area contributed by atoms with Gasteiger partial charge < -0.3 is 10.5 Å². The number of nitrogens with two attached hydrogens (primary N) is 1. The van der Waals surface area contributed by atoms with Gasteiger partial charge in [0.15, 0.2) is 0 Å². The fourth-order valence-corrected chi connectivity index (χ4v) is 2.82. The molecule has 20 heavy (non-hydrogen) atoms. The van der Waals surface area contributed by atoms with Crippen molar-refractivity contribution in [2.24, 2.45) is 5.73 Å². The van der Waals surface area contributed by atoms with Gasteiger partial charge in [-0.1, -0.05) is 53.0 Å². The standard InChI is InChI=1S/C14H11BrCl3NO/c15-9-5-12(18)13(6-11(9)17)20-14(7-19)8-3-1-2-4-10(8)16/h1-6,14H,7,19H2. The quantitative estimate of drug-likeness (QED) is 0.695. The van der Waals surface area contributed by atoms with Crippen LogP contribution in [0, 0.1) is 0 Å². The number of hydrogen-bond donors (Lipinski definition) is 1. The zero-order valence-corrected chi connectivity index (χ0v) is 14.1. The third-order valence-corrected chi connectivity index (χ3v) is 4.55. The van der Waals surface area contributed by atoms with E-state index in [1.165, 1.54) is 0 Å². The SMILES string of the molecule is NCC(Oc1cc(Cl)c(Br)cc1Cl)c1ccccc1Cl. The first-order chi connectivity index (χ1) is 9.52. The number of hydrogen-bond acceptors (Lipinski definition) is 2. The highest BCUT2D eigenvalue weighted by Gasteiger charge is 2.17. The largest absolute Gasteiger partial charge is 0.483 e. The van der Waals surface area contributed by atoms with E-state index in [9.17, 15) is 0 Å². The second-order valence-electron chi connectivity index (χ2n) is 4.06. The Morgan fingerprint density at radius 3 is 2.40 bits per heavy atom. The molecule has 1 unspecified atom stereocenters. The van der Waals surface area contributed by atoms with E-state index in [4.69, 9.17) is 45.3 Å². The molecule has 0 heterocycles. The lowest BCUT2D eigenvalue weighted by Gasteiger charge is -2.20. The van der Waals surface area contributed by atoms with Crippen LogP contribution in [0.25, 0.3) is 0 Å². The van der Waals surface area contributed by atoms with E-state index >= 15 is 0 Å². The van der Waals surface area contributed by atoms with E-state index in [-0.39, 0.29) is 6.54 Å². The molecule has 0 bridgehead atoms. The van der Waals surface area contributed by atoms with Crippen LogP contribution in [0.5, 0.6) is 5.75 Å². The number of benzene rings is 2. The van der Waals surface area contributed by atoms with E-state index in [2.05, 4.69) is 15.9 Å². The Kier molecular flexibility index (Phi) is 5.58. The number of rotatable bonds is 4. The molecule has 0 spiro atoms. The molecule has 2 N–H and O–H groups in total. The smallest absolute Gasteiger partial charge is 0.140 e. The summed E-state index contributed by atoms with van der Waals surface area (Å²) in [7, 11) is 0. The van der Waals surface area contributed by atoms with Gasteiger partial charge in [-0.05, 0) is 28.1 Å². The second kappa shape index (κ2) is 7.01. The minimum atomic E-state index is -0.390. The lowest BCUT2D eigenvalue weighted by atomic mass is 10.1. The Bertz CT molecular complexity index is 621. The zero-order chi connectivity index (χ0) is 14.7. The van der Waals surface area contributed by atoms with E-state index in [0.29, 0.717) is 25.3 Å². The maximum atomic E-state index is 6.16. The minimum absolute atomic E-state index is 0.272. The molecule has 2 aromatic rings. The molecule has 0 aliphatic heterocycles. The summed E-state index contributed by atoms with van der Waals surface area (Å²) >= 11 is 21.6. The Morgan fingerprint density at radius 1 is 1.05 bits per heavy atom. The van der Waals surface area contributed by atoms with E-state index in [1.54, 1.807) is 18.2 Å². The lowest BCUT2D eigenvalue weighted by molar-refractivity contribution is 0.214. The maximum Gasteiger partial charge on any atom is 0.140 e. The molecule has 0 fully saturated rings. The first-order valence-corrected chi connectivity index (χ1v) is 7.71. The van der Waals surface area contributed by atoms with Crippen molar-refractivity contribution in [3.05, 3.63) is 61.5 Å². The molecule has 2 nitrogen and oxygen atoms in total. The fourth-order valence-electron chi connectivity index (χ4n) is 1.72. The van der Waals surface area contributed by atoms with E-state index < -0.39 is 6.10 Å². The maximum absolute atomic E-state index is 6.16. The lowest BCUT2D eigenvalue weighted by Crippen LogP contribution is -2.19. The van der Waals surface area contributed by atoms with Crippen LogP contribution in [0.2, 0.25) is 15.1 Å². The van der Waals surface area contributed by atoms with Crippen LogP contribution in [-0.4, -0.2) is 6.54 Å². The summed E-state index contributed by atoms with van der Waals surface area (Å²) in [5.41, 5.74) is 6.58. The van der Waals surface area contributed by atoms with Gasteiger partial charge in [0.1, 0.15) is 11.9 Å². The molecular formula is C14H11BrCl3NO. The van der Waals surface area contributed by atoms with Gasteiger partial charge in [0.05, 0.1) is 10.0 Å². The summed E-state index contributed by atoms with van der Waals surface area (Å²) < 4.78 is 6.56. The first-order valence-electron chi connectivity index (χ1n) is 5.78. The van der Waals surface area contributed by atoms with Crippen LogP contribution in [0.15, 0.2) is 40.9 Å². The van der Waals surface area contributed by atoms with Crippen molar-refractivity contribution in [1.29, 1.82) is 0 Å². The monoisotopic (exact) mass is 393 g/mol. The van der Waals surface area contributed by atoms with Crippen molar-refractivity contribution in [2.45, 2.75) is 6.10 Å². The van der Waals surface area contributed by atoms with Crippen LogP contribution in [0.3, 0.4) is 0 Å². The normalized spacial score (nSPS) is 12.2. The summed E-state index contributed by atoms with van der Waals surface area (Å²) in [5.74, 6) is 0.468. The molecule has 0 radical (unpaired) electrons. The van der Waals surface area contributed by atoms with E-state index in [1.807, 2.05) is 18.2 Å². The van der Waals surface area contributed by atoms with Gasteiger partial charge in [0.2, 0.25) is 0 Å². The van der Waals surface area contributed by atoms with Crippen LogP contribution in [0.1, 0.15) is 11.7 Å². The van der Waals surface area contributed by atoms with Gasteiger partial charge in [-0.15, -0.1) is 0 Å². The third kappa shape index (κ3) is 3.60. The molecule has 106 valence electrons. The van der Waals surface area contributed by atoms with Crippen molar-refractivity contribution in [3.63, 3.8) is 0 Å². The molecule has 6 heteroatoms. The van der Waals surface area contributed by atoms with E-state index in [0.717, 1.165) is 5.56 Å². The molecule has 0 saturated heterocycles. The Hall–Kier alpha value is -0.450. The molecule has 2 aromatic carbocycles. The number of halogens is 4. The van der Waals surface area contributed by atoms with Gasteiger partial charge >= 0.3 is 0 Å². The van der Waals surface area contributed by atoms with Crippen LogP contribution < -0.4 is 10.5 Å². The highest BCUT2D eigenvalue weighted by Crippen LogP contribution is 2.37. The van der Waals surface area contributed by atoms with Gasteiger partial charge in [-0.2, -0.15) is 0 Å². The third-order valence-electron chi connectivity index (χ3n) is 2.71. The second-order valence-corrected chi connectivity index (χ2v) is 6.14. The molecule has 0 amide bonds. The Balaban J connectivity index is 2.32.